The van der Waals surface area contributed by atoms with Crippen LogP contribution in [-0.2, 0) is 20.4 Å². The summed E-state index contributed by atoms with van der Waals surface area (Å²) < 4.78 is 6.38. The second kappa shape index (κ2) is 11.9. The van der Waals surface area contributed by atoms with Crippen LogP contribution in [0.5, 0.6) is 0 Å². The molecular formula is C21H32O3Si. The molecule has 0 saturated heterocycles. The standard InChI is InChI=1S/C21H32O3Si/c1-4-25(5-2,6-3)24-21(17-18-22)14-10-13-20(23)16-15-19-11-8-7-9-12-19/h7-13,18,21H,4-6,14-17H2,1-3H3/b13-10+/t21-/m1/s1. The summed E-state index contributed by atoms with van der Waals surface area (Å²) in [4.78, 5) is 23.0. The van der Waals surface area contributed by atoms with Crippen molar-refractivity contribution in [2.75, 3.05) is 0 Å². The van der Waals surface area contributed by atoms with E-state index in [-0.39, 0.29) is 11.9 Å². The minimum atomic E-state index is -1.73. The Labute approximate surface area is 153 Å². The molecule has 4 heteroatoms. The van der Waals surface area contributed by atoms with Crippen molar-refractivity contribution in [2.45, 2.75) is 70.7 Å². The lowest BCUT2D eigenvalue weighted by Gasteiger charge is -2.32. The largest absolute Gasteiger partial charge is 0.413 e. The molecule has 0 aliphatic rings. The maximum atomic E-state index is 12.0. The van der Waals surface area contributed by atoms with Gasteiger partial charge in [0.1, 0.15) is 6.29 Å². The van der Waals surface area contributed by atoms with Gasteiger partial charge in [-0.05, 0) is 42.6 Å². The van der Waals surface area contributed by atoms with Crippen molar-refractivity contribution in [3.05, 3.63) is 48.0 Å². The molecule has 0 N–H and O–H groups in total. The number of carbonyl (C=O) groups is 2. The van der Waals surface area contributed by atoms with Crippen LogP contribution < -0.4 is 0 Å². The summed E-state index contributed by atoms with van der Waals surface area (Å²) in [6, 6.07) is 13.2. The highest BCUT2D eigenvalue weighted by molar-refractivity contribution is 6.73. The highest BCUT2D eigenvalue weighted by Gasteiger charge is 2.31. The van der Waals surface area contributed by atoms with Crippen molar-refractivity contribution in [3.8, 4) is 0 Å². The van der Waals surface area contributed by atoms with Crippen LogP contribution in [0.3, 0.4) is 0 Å². The van der Waals surface area contributed by atoms with Crippen LogP contribution in [0.2, 0.25) is 18.1 Å². The molecule has 0 spiro atoms. The lowest BCUT2D eigenvalue weighted by molar-refractivity contribution is -0.114. The minimum absolute atomic E-state index is 0.0952. The zero-order valence-electron chi connectivity index (χ0n) is 15.9. The molecule has 0 bridgehead atoms. The van der Waals surface area contributed by atoms with E-state index in [1.165, 1.54) is 5.56 Å². The molecule has 1 aromatic rings. The van der Waals surface area contributed by atoms with Gasteiger partial charge in [0, 0.05) is 12.8 Å². The van der Waals surface area contributed by atoms with Gasteiger partial charge in [-0.1, -0.05) is 57.2 Å². The van der Waals surface area contributed by atoms with Crippen molar-refractivity contribution in [2.24, 2.45) is 0 Å². The number of benzene rings is 1. The Morgan fingerprint density at radius 1 is 1.08 bits per heavy atom. The van der Waals surface area contributed by atoms with Crippen LogP contribution >= 0.6 is 0 Å². The summed E-state index contributed by atoms with van der Waals surface area (Å²) in [5, 5.41) is 0. The summed E-state index contributed by atoms with van der Waals surface area (Å²) in [6.45, 7) is 6.54. The molecule has 25 heavy (non-hydrogen) atoms. The van der Waals surface area contributed by atoms with Crippen molar-refractivity contribution < 1.29 is 14.0 Å². The number of rotatable bonds is 13. The molecule has 138 valence electrons. The Balaban J connectivity index is 2.50. The van der Waals surface area contributed by atoms with Gasteiger partial charge in [0.25, 0.3) is 0 Å². The van der Waals surface area contributed by atoms with Gasteiger partial charge < -0.3 is 9.22 Å². The third kappa shape index (κ3) is 7.93. The normalized spacial score (nSPS) is 13.1. The van der Waals surface area contributed by atoms with E-state index in [4.69, 9.17) is 4.43 Å². The van der Waals surface area contributed by atoms with E-state index in [0.29, 0.717) is 19.3 Å². The molecule has 1 aromatic carbocycles. The van der Waals surface area contributed by atoms with Gasteiger partial charge in [0.05, 0.1) is 6.10 Å². The molecule has 0 amide bonds. The maximum Gasteiger partial charge on any atom is 0.192 e. The fraction of sp³-hybridized carbons (Fsp3) is 0.524. The second-order valence-electron chi connectivity index (χ2n) is 6.48. The van der Waals surface area contributed by atoms with Crippen LogP contribution in [0.4, 0.5) is 0 Å². The van der Waals surface area contributed by atoms with E-state index < -0.39 is 8.32 Å². The first kappa shape index (κ1) is 21.5. The van der Waals surface area contributed by atoms with Gasteiger partial charge in [-0.3, -0.25) is 4.79 Å². The van der Waals surface area contributed by atoms with Crippen LogP contribution in [-0.4, -0.2) is 26.5 Å². The van der Waals surface area contributed by atoms with Gasteiger partial charge in [-0.15, -0.1) is 0 Å². The summed E-state index contributed by atoms with van der Waals surface area (Å²) in [7, 11) is -1.73. The number of hydrogen-bond donors (Lipinski definition) is 0. The number of carbonyl (C=O) groups excluding carboxylic acids is 2. The highest BCUT2D eigenvalue weighted by Crippen LogP contribution is 2.25. The van der Waals surface area contributed by atoms with Gasteiger partial charge >= 0.3 is 0 Å². The number of ketones is 1. The van der Waals surface area contributed by atoms with Crippen molar-refractivity contribution >= 4 is 20.4 Å². The minimum Gasteiger partial charge on any atom is -0.413 e. The molecule has 0 fully saturated rings. The van der Waals surface area contributed by atoms with Crippen molar-refractivity contribution in [3.63, 3.8) is 0 Å². The molecule has 0 unspecified atom stereocenters. The van der Waals surface area contributed by atoms with E-state index in [2.05, 4.69) is 20.8 Å². The molecule has 0 aliphatic heterocycles. The van der Waals surface area contributed by atoms with Crippen LogP contribution in [0.1, 0.15) is 45.6 Å². The predicted octanol–water partition coefficient (Wildman–Crippen LogP) is 5.11. The highest BCUT2D eigenvalue weighted by atomic mass is 28.4. The lowest BCUT2D eigenvalue weighted by atomic mass is 10.1. The van der Waals surface area contributed by atoms with E-state index in [0.717, 1.165) is 30.8 Å². The number of allylic oxidation sites excluding steroid dienone is 1. The fourth-order valence-corrected chi connectivity index (χ4v) is 5.90. The summed E-state index contributed by atoms with van der Waals surface area (Å²) >= 11 is 0. The zero-order valence-corrected chi connectivity index (χ0v) is 16.9. The topological polar surface area (TPSA) is 43.4 Å². The van der Waals surface area contributed by atoms with Crippen molar-refractivity contribution in [1.82, 2.24) is 0 Å². The molecule has 0 radical (unpaired) electrons. The fourth-order valence-electron chi connectivity index (χ4n) is 3.00. The molecule has 1 atom stereocenters. The van der Waals surface area contributed by atoms with E-state index in [1.807, 2.05) is 36.4 Å². The van der Waals surface area contributed by atoms with Crippen LogP contribution in [0.25, 0.3) is 0 Å². The Bertz CT molecular complexity index is 527. The number of aldehydes is 1. The van der Waals surface area contributed by atoms with Crippen molar-refractivity contribution in [1.29, 1.82) is 0 Å². The van der Waals surface area contributed by atoms with Gasteiger partial charge in [-0.25, -0.2) is 0 Å². The second-order valence-corrected chi connectivity index (χ2v) is 11.2. The molecule has 0 heterocycles. The summed E-state index contributed by atoms with van der Waals surface area (Å²) in [5.41, 5.74) is 1.18. The number of hydrogen-bond acceptors (Lipinski definition) is 3. The Kier molecular flexibility index (Phi) is 10.3. The van der Waals surface area contributed by atoms with Gasteiger partial charge in [0.2, 0.25) is 0 Å². The third-order valence-corrected chi connectivity index (χ3v) is 9.61. The first-order valence-electron chi connectivity index (χ1n) is 9.43. The Morgan fingerprint density at radius 3 is 2.28 bits per heavy atom. The number of aryl methyl sites for hydroxylation is 1. The molecule has 0 saturated carbocycles. The molecule has 0 aromatic heterocycles. The monoisotopic (exact) mass is 360 g/mol. The first-order chi connectivity index (χ1) is 12.1. The molecule has 0 aliphatic carbocycles. The average Bonchev–Trinajstić information content (AvgIpc) is 2.65. The van der Waals surface area contributed by atoms with Gasteiger partial charge in [-0.2, -0.15) is 0 Å². The third-order valence-electron chi connectivity index (χ3n) is 4.91. The van der Waals surface area contributed by atoms with Gasteiger partial charge in [0.15, 0.2) is 14.1 Å². The smallest absolute Gasteiger partial charge is 0.192 e. The SMILES string of the molecule is CC[Si](CC)(CC)O[C@@H](CC=O)C/C=C/C(=O)CCc1ccccc1. The van der Waals surface area contributed by atoms with Crippen LogP contribution in [0.15, 0.2) is 42.5 Å². The summed E-state index contributed by atoms with van der Waals surface area (Å²) in [5.74, 6) is 0.124. The van der Waals surface area contributed by atoms with E-state index in [9.17, 15) is 9.59 Å². The summed E-state index contributed by atoms with van der Waals surface area (Å²) in [6.07, 6.45) is 6.66. The zero-order chi connectivity index (χ0) is 18.5. The first-order valence-corrected chi connectivity index (χ1v) is 12.0. The predicted molar refractivity (Wildman–Crippen MR) is 106 cm³/mol. The molecule has 1 rings (SSSR count). The molecule has 3 nitrogen and oxygen atoms in total. The van der Waals surface area contributed by atoms with E-state index in [1.54, 1.807) is 6.08 Å². The lowest BCUT2D eigenvalue weighted by Crippen LogP contribution is -2.40. The molecular weight excluding hydrogens is 328 g/mol. The maximum absolute atomic E-state index is 12.0. The Hall–Kier alpha value is -1.52. The quantitative estimate of drug-likeness (QED) is 0.279. The average molecular weight is 361 g/mol. The van der Waals surface area contributed by atoms with E-state index >= 15 is 0 Å². The Morgan fingerprint density at radius 2 is 1.72 bits per heavy atom. The van der Waals surface area contributed by atoms with Crippen LogP contribution in [0, 0.1) is 0 Å².